The third-order valence-electron chi connectivity index (χ3n) is 0.857. The van der Waals surface area contributed by atoms with Crippen molar-refractivity contribution in [1.82, 2.24) is 5.43 Å². The van der Waals surface area contributed by atoms with Gasteiger partial charge >= 0.3 is 0 Å². The number of allylic oxidation sites excluding steroid dienone is 1. The zero-order chi connectivity index (χ0) is 7.98. The molecule has 10 heavy (non-hydrogen) atoms. The van der Waals surface area contributed by atoms with Crippen molar-refractivity contribution >= 4 is 11.8 Å². The first-order chi connectivity index (χ1) is 4.72. The smallest absolute Gasteiger partial charge is 0.0546 e. The van der Waals surface area contributed by atoms with Crippen LogP contribution >= 0.6 is 11.8 Å². The van der Waals surface area contributed by atoms with E-state index in [2.05, 4.69) is 18.6 Å². The first kappa shape index (κ1) is 9.33. The maximum Gasteiger partial charge on any atom is 0.0546 e. The van der Waals surface area contributed by atoms with Crippen molar-refractivity contribution in [3.63, 3.8) is 0 Å². The van der Waals surface area contributed by atoms with Gasteiger partial charge in [0.05, 0.1) is 5.70 Å². The number of rotatable bonds is 4. The molecular weight excluding hydrogens is 144 g/mol. The van der Waals surface area contributed by atoms with Gasteiger partial charge in [-0.2, -0.15) is 0 Å². The Bertz CT molecular complexity index is 161. The molecule has 0 amide bonds. The molecule has 0 saturated heterocycles. The zero-order valence-corrected chi connectivity index (χ0v) is 6.87. The normalized spacial score (nSPS) is 9.80. The summed E-state index contributed by atoms with van der Waals surface area (Å²) in [6.07, 6.45) is 1.93. The predicted octanol–water partition coefficient (Wildman–Crippen LogP) is 1.74. The summed E-state index contributed by atoms with van der Waals surface area (Å²) in [5.41, 5.74) is 3.08. The van der Waals surface area contributed by atoms with Crippen LogP contribution in [0.3, 0.4) is 0 Å². The van der Waals surface area contributed by atoms with Gasteiger partial charge in [0.2, 0.25) is 0 Å². The molecule has 0 heterocycles. The summed E-state index contributed by atoms with van der Waals surface area (Å²) < 4.78 is 0. The van der Waals surface area contributed by atoms with E-state index in [4.69, 9.17) is 5.84 Å². The summed E-state index contributed by atoms with van der Waals surface area (Å²) >= 11 is 1.49. The first-order valence-electron chi connectivity index (χ1n) is 2.85. The summed E-state index contributed by atoms with van der Waals surface area (Å²) in [6, 6.07) is 0. The van der Waals surface area contributed by atoms with E-state index in [-0.39, 0.29) is 0 Å². The van der Waals surface area contributed by atoms with Gasteiger partial charge in [-0.05, 0) is 12.3 Å². The van der Waals surface area contributed by atoms with Crippen molar-refractivity contribution in [2.75, 3.05) is 0 Å². The van der Waals surface area contributed by atoms with Crippen molar-refractivity contribution in [2.45, 2.75) is 6.92 Å². The molecule has 0 rings (SSSR count). The lowest BCUT2D eigenvalue weighted by Gasteiger charge is -2.03. The fraction of sp³-hybridized carbons (Fsp3) is 0.143. The monoisotopic (exact) mass is 156 g/mol. The number of thioether (sulfide) groups is 1. The van der Waals surface area contributed by atoms with E-state index < -0.39 is 0 Å². The van der Waals surface area contributed by atoms with Gasteiger partial charge < -0.3 is 5.43 Å². The van der Waals surface area contributed by atoms with Crippen LogP contribution in [0.15, 0.2) is 35.2 Å². The van der Waals surface area contributed by atoms with Gasteiger partial charge in [0.1, 0.15) is 0 Å². The van der Waals surface area contributed by atoms with Crippen molar-refractivity contribution in [3.8, 4) is 0 Å². The van der Waals surface area contributed by atoms with E-state index in [1.807, 2.05) is 18.4 Å². The highest BCUT2D eigenvalue weighted by Crippen LogP contribution is 2.18. The molecule has 0 unspecified atom stereocenters. The second kappa shape index (κ2) is 5.14. The van der Waals surface area contributed by atoms with Crippen molar-refractivity contribution in [1.29, 1.82) is 0 Å². The molecule has 2 nitrogen and oxygen atoms in total. The second-order valence-corrected chi connectivity index (χ2v) is 2.63. The SMILES string of the molecule is C=C(NN)C(=C)S/C=C\C. The molecule has 0 radical (unpaired) electrons. The molecule has 0 aromatic rings. The largest absolute Gasteiger partial charge is 0.324 e. The van der Waals surface area contributed by atoms with Gasteiger partial charge in [0, 0.05) is 4.91 Å². The molecule has 0 aliphatic carbocycles. The van der Waals surface area contributed by atoms with Gasteiger partial charge in [-0.3, -0.25) is 5.84 Å². The molecule has 3 N–H and O–H groups in total. The molecular formula is C7H12N2S. The van der Waals surface area contributed by atoms with E-state index in [0.29, 0.717) is 5.70 Å². The van der Waals surface area contributed by atoms with Crippen LogP contribution in [0.5, 0.6) is 0 Å². The first-order valence-corrected chi connectivity index (χ1v) is 3.73. The highest BCUT2D eigenvalue weighted by Gasteiger charge is 1.93. The van der Waals surface area contributed by atoms with Crippen LogP contribution in [-0.4, -0.2) is 0 Å². The number of hydrogen-bond acceptors (Lipinski definition) is 3. The number of hydrogen-bond donors (Lipinski definition) is 2. The Hall–Kier alpha value is -0.670. The van der Waals surface area contributed by atoms with E-state index >= 15 is 0 Å². The Kier molecular flexibility index (Phi) is 4.80. The molecule has 0 aliphatic heterocycles. The Labute approximate surface area is 65.8 Å². The minimum atomic E-state index is 0.656. The quantitative estimate of drug-likeness (QED) is 0.370. The minimum Gasteiger partial charge on any atom is -0.324 e. The molecule has 0 aromatic carbocycles. The number of hydrazine groups is 1. The lowest BCUT2D eigenvalue weighted by Crippen LogP contribution is -2.20. The van der Waals surface area contributed by atoms with E-state index in [1.54, 1.807) is 0 Å². The molecule has 0 saturated carbocycles. The molecule has 3 heteroatoms. The fourth-order valence-electron chi connectivity index (χ4n) is 0.302. The molecule has 0 aliphatic rings. The van der Waals surface area contributed by atoms with Gasteiger partial charge in [-0.15, -0.1) is 0 Å². The Morgan fingerprint density at radius 3 is 2.60 bits per heavy atom. The van der Waals surface area contributed by atoms with Gasteiger partial charge in [-0.25, -0.2) is 0 Å². The molecule has 0 aromatic heterocycles. The van der Waals surface area contributed by atoms with Crippen LogP contribution in [0.1, 0.15) is 6.92 Å². The van der Waals surface area contributed by atoms with Crippen LogP contribution in [0.4, 0.5) is 0 Å². The maximum absolute atomic E-state index is 5.10. The van der Waals surface area contributed by atoms with E-state index in [0.717, 1.165) is 4.91 Å². The standard InChI is InChI=1S/C7H12N2S/c1-4-5-10-7(3)6(2)9-8/h4-5,9H,2-3,8H2,1H3/b5-4-. The molecule has 56 valence electrons. The molecule has 0 spiro atoms. The fourth-order valence-corrected chi connectivity index (χ4v) is 0.803. The Morgan fingerprint density at radius 2 is 2.20 bits per heavy atom. The summed E-state index contributed by atoms with van der Waals surface area (Å²) in [7, 11) is 0. The average Bonchev–Trinajstić information content (AvgIpc) is 1.98. The summed E-state index contributed by atoms with van der Waals surface area (Å²) in [6.45, 7) is 9.31. The Morgan fingerprint density at radius 1 is 1.60 bits per heavy atom. The van der Waals surface area contributed by atoms with Crippen LogP contribution in [0, 0.1) is 0 Å². The molecule has 0 bridgehead atoms. The van der Waals surface area contributed by atoms with Gasteiger partial charge in [0.15, 0.2) is 0 Å². The van der Waals surface area contributed by atoms with Crippen LogP contribution in [0.25, 0.3) is 0 Å². The second-order valence-electron chi connectivity index (χ2n) is 1.63. The van der Waals surface area contributed by atoms with Crippen LogP contribution in [-0.2, 0) is 0 Å². The third-order valence-corrected chi connectivity index (χ3v) is 1.80. The lowest BCUT2D eigenvalue weighted by atomic mass is 10.5. The highest BCUT2D eigenvalue weighted by atomic mass is 32.2. The maximum atomic E-state index is 5.10. The van der Waals surface area contributed by atoms with Crippen molar-refractivity contribution in [3.05, 3.63) is 35.2 Å². The van der Waals surface area contributed by atoms with E-state index in [1.165, 1.54) is 11.8 Å². The minimum absolute atomic E-state index is 0.656. The number of nitrogens with one attached hydrogen (secondary N) is 1. The predicted molar refractivity (Wildman–Crippen MR) is 48.0 cm³/mol. The summed E-state index contributed by atoms with van der Waals surface area (Å²) in [5.74, 6) is 5.10. The van der Waals surface area contributed by atoms with Gasteiger partial charge in [0.25, 0.3) is 0 Å². The van der Waals surface area contributed by atoms with Crippen molar-refractivity contribution in [2.24, 2.45) is 5.84 Å². The molecule has 0 fully saturated rings. The lowest BCUT2D eigenvalue weighted by molar-refractivity contribution is 0.918. The Balaban J connectivity index is 3.74. The highest BCUT2D eigenvalue weighted by molar-refractivity contribution is 8.06. The average molecular weight is 156 g/mol. The number of nitrogens with two attached hydrogens (primary N) is 1. The summed E-state index contributed by atoms with van der Waals surface area (Å²) in [5, 5.41) is 1.92. The third kappa shape index (κ3) is 3.37. The van der Waals surface area contributed by atoms with E-state index in [9.17, 15) is 0 Å². The van der Waals surface area contributed by atoms with Crippen LogP contribution in [0.2, 0.25) is 0 Å². The molecule has 0 atom stereocenters. The summed E-state index contributed by atoms with van der Waals surface area (Å²) in [4.78, 5) is 0.834. The topological polar surface area (TPSA) is 38.0 Å². The zero-order valence-electron chi connectivity index (χ0n) is 6.05. The van der Waals surface area contributed by atoms with Crippen molar-refractivity contribution < 1.29 is 0 Å². The van der Waals surface area contributed by atoms with Gasteiger partial charge in [-0.1, -0.05) is 31.0 Å². The van der Waals surface area contributed by atoms with Crippen LogP contribution < -0.4 is 11.3 Å².